The lowest BCUT2D eigenvalue weighted by Crippen LogP contribution is -2.32. The van der Waals surface area contributed by atoms with Gasteiger partial charge in [0.05, 0.1) is 13.7 Å². The molecule has 8 nitrogen and oxygen atoms in total. The van der Waals surface area contributed by atoms with Crippen LogP contribution in [-0.2, 0) is 16.0 Å². The van der Waals surface area contributed by atoms with Crippen LogP contribution in [0.5, 0.6) is 5.75 Å². The van der Waals surface area contributed by atoms with Crippen molar-refractivity contribution in [2.75, 3.05) is 19.0 Å². The smallest absolute Gasteiger partial charge is 0.243 e. The lowest BCUT2D eigenvalue weighted by molar-refractivity contribution is -0.124. The highest BCUT2D eigenvalue weighted by Crippen LogP contribution is 2.19. The van der Waals surface area contributed by atoms with Gasteiger partial charge < -0.3 is 19.9 Å². The fourth-order valence-corrected chi connectivity index (χ4v) is 2.43. The molecule has 0 fully saturated rings. The van der Waals surface area contributed by atoms with E-state index in [1.54, 1.807) is 31.4 Å². The van der Waals surface area contributed by atoms with Crippen molar-refractivity contribution in [3.05, 3.63) is 60.5 Å². The third kappa shape index (κ3) is 5.41. The quantitative estimate of drug-likeness (QED) is 0.622. The number of hydrogen-bond donors (Lipinski definition) is 2. The summed E-state index contributed by atoms with van der Waals surface area (Å²) in [6, 6.07) is 16.3. The first kappa shape index (κ1) is 19.1. The van der Waals surface area contributed by atoms with Crippen LogP contribution in [0.25, 0.3) is 11.4 Å². The van der Waals surface area contributed by atoms with Crippen molar-refractivity contribution in [2.45, 2.75) is 12.8 Å². The van der Waals surface area contributed by atoms with Crippen molar-refractivity contribution in [3.63, 3.8) is 0 Å². The van der Waals surface area contributed by atoms with Gasteiger partial charge in [0.25, 0.3) is 0 Å². The number of hydrogen-bond acceptors (Lipinski definition) is 6. The number of benzene rings is 2. The van der Waals surface area contributed by atoms with Gasteiger partial charge in [-0.15, -0.1) is 0 Å². The summed E-state index contributed by atoms with van der Waals surface area (Å²) in [7, 11) is 1.60. The number of methoxy groups -OCH3 is 1. The second-order valence-electron chi connectivity index (χ2n) is 5.93. The van der Waals surface area contributed by atoms with Gasteiger partial charge in [-0.05, 0) is 36.4 Å². The SMILES string of the molecule is COc1ccc(-c2noc(CCC(=O)NCC(=O)Nc3ccccc3)n2)cc1. The van der Waals surface area contributed by atoms with E-state index < -0.39 is 0 Å². The molecule has 0 saturated heterocycles. The number of para-hydroxylation sites is 1. The Morgan fingerprint density at radius 1 is 1.04 bits per heavy atom. The molecule has 28 heavy (non-hydrogen) atoms. The van der Waals surface area contributed by atoms with E-state index in [0.717, 1.165) is 11.3 Å². The zero-order chi connectivity index (χ0) is 19.8. The van der Waals surface area contributed by atoms with Crippen LogP contribution in [0.3, 0.4) is 0 Å². The Morgan fingerprint density at radius 2 is 1.79 bits per heavy atom. The Hall–Kier alpha value is -3.68. The molecular weight excluding hydrogens is 360 g/mol. The average molecular weight is 380 g/mol. The summed E-state index contributed by atoms with van der Waals surface area (Å²) in [5, 5.41) is 9.18. The highest BCUT2D eigenvalue weighted by Gasteiger charge is 2.12. The fraction of sp³-hybridized carbons (Fsp3) is 0.200. The van der Waals surface area contributed by atoms with Gasteiger partial charge >= 0.3 is 0 Å². The molecule has 0 unspecified atom stereocenters. The summed E-state index contributed by atoms with van der Waals surface area (Å²) < 4.78 is 10.3. The molecule has 0 aliphatic heterocycles. The van der Waals surface area contributed by atoms with Crippen LogP contribution in [0.15, 0.2) is 59.1 Å². The lowest BCUT2D eigenvalue weighted by Gasteiger charge is -2.06. The molecule has 0 radical (unpaired) electrons. The van der Waals surface area contributed by atoms with Crippen LogP contribution in [0.4, 0.5) is 5.69 Å². The van der Waals surface area contributed by atoms with Gasteiger partial charge in [0.2, 0.25) is 23.5 Å². The van der Waals surface area contributed by atoms with E-state index >= 15 is 0 Å². The fourth-order valence-electron chi connectivity index (χ4n) is 2.43. The number of nitrogens with zero attached hydrogens (tertiary/aromatic N) is 2. The number of aryl methyl sites for hydroxylation is 1. The van der Waals surface area contributed by atoms with Crippen LogP contribution in [0.2, 0.25) is 0 Å². The minimum Gasteiger partial charge on any atom is -0.497 e. The predicted molar refractivity (Wildman–Crippen MR) is 103 cm³/mol. The molecule has 2 aromatic carbocycles. The van der Waals surface area contributed by atoms with E-state index in [1.807, 2.05) is 30.3 Å². The van der Waals surface area contributed by atoms with Crippen molar-refractivity contribution < 1.29 is 18.8 Å². The first-order valence-electron chi connectivity index (χ1n) is 8.72. The molecule has 0 bridgehead atoms. The summed E-state index contributed by atoms with van der Waals surface area (Å²) in [4.78, 5) is 28.0. The number of nitrogens with one attached hydrogen (secondary N) is 2. The predicted octanol–water partition coefficient (Wildman–Crippen LogP) is 2.43. The van der Waals surface area contributed by atoms with Crippen molar-refractivity contribution in [1.82, 2.24) is 15.5 Å². The average Bonchev–Trinajstić information content (AvgIpc) is 3.20. The molecule has 0 saturated carbocycles. The maximum atomic E-state index is 11.9. The van der Waals surface area contributed by atoms with Crippen LogP contribution >= 0.6 is 0 Å². The van der Waals surface area contributed by atoms with Gasteiger partial charge in [-0.3, -0.25) is 9.59 Å². The van der Waals surface area contributed by atoms with Gasteiger partial charge in [0.15, 0.2) is 0 Å². The van der Waals surface area contributed by atoms with Crippen molar-refractivity contribution in [1.29, 1.82) is 0 Å². The summed E-state index contributed by atoms with van der Waals surface area (Å²) >= 11 is 0. The zero-order valence-corrected chi connectivity index (χ0v) is 15.3. The number of amides is 2. The molecule has 144 valence electrons. The van der Waals surface area contributed by atoms with Crippen molar-refractivity contribution >= 4 is 17.5 Å². The number of rotatable bonds is 8. The molecule has 1 heterocycles. The second-order valence-corrected chi connectivity index (χ2v) is 5.93. The number of anilines is 1. The number of carbonyl (C=O) groups is 2. The molecule has 2 N–H and O–H groups in total. The van der Waals surface area contributed by atoms with E-state index in [1.165, 1.54) is 0 Å². The minimum absolute atomic E-state index is 0.103. The maximum Gasteiger partial charge on any atom is 0.243 e. The molecule has 3 rings (SSSR count). The Balaban J connectivity index is 1.43. The molecular formula is C20H20N4O4. The Labute approximate surface area is 161 Å². The highest BCUT2D eigenvalue weighted by molar-refractivity contribution is 5.94. The Kier molecular flexibility index (Phi) is 6.35. The van der Waals surface area contributed by atoms with E-state index in [4.69, 9.17) is 9.26 Å². The topological polar surface area (TPSA) is 106 Å². The van der Waals surface area contributed by atoms with E-state index in [-0.39, 0.29) is 31.2 Å². The third-order valence-corrected chi connectivity index (χ3v) is 3.89. The van der Waals surface area contributed by atoms with Gasteiger partial charge in [0.1, 0.15) is 5.75 Å². The summed E-state index contributed by atoms with van der Waals surface area (Å²) in [6.45, 7) is -0.103. The Bertz CT molecular complexity index is 923. The summed E-state index contributed by atoms with van der Waals surface area (Å²) in [5.74, 6) is 0.974. The minimum atomic E-state index is -0.292. The van der Waals surface area contributed by atoms with Gasteiger partial charge in [-0.25, -0.2) is 0 Å². The molecule has 0 aliphatic rings. The molecule has 0 aliphatic carbocycles. The van der Waals surface area contributed by atoms with Crippen LogP contribution in [0.1, 0.15) is 12.3 Å². The van der Waals surface area contributed by atoms with Crippen molar-refractivity contribution in [2.24, 2.45) is 0 Å². The summed E-state index contributed by atoms with van der Waals surface area (Å²) in [5.41, 5.74) is 1.47. The second kappa shape index (κ2) is 9.31. The molecule has 1 aromatic heterocycles. The first-order chi connectivity index (χ1) is 13.6. The van der Waals surface area contributed by atoms with Gasteiger partial charge in [-0.1, -0.05) is 23.4 Å². The molecule has 0 spiro atoms. The number of aromatic nitrogens is 2. The molecule has 2 amide bonds. The third-order valence-electron chi connectivity index (χ3n) is 3.89. The lowest BCUT2D eigenvalue weighted by atomic mass is 10.2. The van der Waals surface area contributed by atoms with E-state index in [2.05, 4.69) is 20.8 Å². The van der Waals surface area contributed by atoms with Crippen LogP contribution < -0.4 is 15.4 Å². The summed E-state index contributed by atoms with van der Waals surface area (Å²) in [6.07, 6.45) is 0.429. The molecule has 8 heteroatoms. The molecule has 3 aromatic rings. The van der Waals surface area contributed by atoms with E-state index in [9.17, 15) is 9.59 Å². The Morgan fingerprint density at radius 3 is 2.50 bits per heavy atom. The van der Waals surface area contributed by atoms with Crippen LogP contribution in [-0.4, -0.2) is 35.6 Å². The maximum absolute atomic E-state index is 11.9. The number of ether oxygens (including phenoxy) is 1. The molecule has 0 atom stereocenters. The van der Waals surface area contributed by atoms with Crippen LogP contribution in [0, 0.1) is 0 Å². The zero-order valence-electron chi connectivity index (χ0n) is 15.3. The van der Waals surface area contributed by atoms with Gasteiger partial charge in [-0.2, -0.15) is 4.98 Å². The monoisotopic (exact) mass is 380 g/mol. The largest absolute Gasteiger partial charge is 0.497 e. The first-order valence-corrected chi connectivity index (χ1v) is 8.72. The number of carbonyl (C=O) groups excluding carboxylic acids is 2. The van der Waals surface area contributed by atoms with Gasteiger partial charge in [0, 0.05) is 24.1 Å². The highest BCUT2D eigenvalue weighted by atomic mass is 16.5. The standard InChI is InChI=1S/C20H20N4O4/c1-27-16-9-7-14(8-10-16)20-23-19(28-24-20)12-11-17(25)21-13-18(26)22-15-5-3-2-4-6-15/h2-10H,11-13H2,1H3,(H,21,25)(H,22,26). The van der Waals surface area contributed by atoms with E-state index in [0.29, 0.717) is 17.4 Å². The normalized spacial score (nSPS) is 10.3. The van der Waals surface area contributed by atoms with Crippen molar-refractivity contribution in [3.8, 4) is 17.1 Å².